The van der Waals surface area contributed by atoms with Crippen LogP contribution < -0.4 is 0 Å². The van der Waals surface area contributed by atoms with Crippen LogP contribution in [0.25, 0.3) is 0 Å². The zero-order valence-corrected chi connectivity index (χ0v) is 8.98. The van der Waals surface area contributed by atoms with Crippen molar-refractivity contribution in [3.63, 3.8) is 0 Å². The Morgan fingerprint density at radius 2 is 2.08 bits per heavy atom. The van der Waals surface area contributed by atoms with Crippen molar-refractivity contribution in [2.75, 3.05) is 12.4 Å². The standard InChI is InChI=1S/C10H20ClN/c1-9(2)12(8-4-7-11)10-5-3-6-10/h9-10H,3-8H2,1-2H3. The molecule has 0 saturated heterocycles. The Bertz CT molecular complexity index is 121. The maximum Gasteiger partial charge on any atom is 0.0235 e. The molecule has 0 spiro atoms. The minimum atomic E-state index is 0.693. The summed E-state index contributed by atoms with van der Waals surface area (Å²) in [7, 11) is 0. The second kappa shape index (κ2) is 5.08. The number of hydrogen-bond donors (Lipinski definition) is 0. The maximum absolute atomic E-state index is 5.69. The summed E-state index contributed by atoms with van der Waals surface area (Å²) in [6.45, 7) is 5.75. The Morgan fingerprint density at radius 1 is 1.42 bits per heavy atom. The second-order valence-electron chi connectivity index (χ2n) is 3.96. The predicted molar refractivity (Wildman–Crippen MR) is 54.8 cm³/mol. The van der Waals surface area contributed by atoms with Crippen LogP contribution in [-0.4, -0.2) is 29.4 Å². The van der Waals surface area contributed by atoms with E-state index in [1.807, 2.05) is 0 Å². The van der Waals surface area contributed by atoms with Crippen LogP contribution in [0.5, 0.6) is 0 Å². The summed E-state index contributed by atoms with van der Waals surface area (Å²) < 4.78 is 0. The first-order valence-corrected chi connectivity index (χ1v) is 5.61. The van der Waals surface area contributed by atoms with Gasteiger partial charge in [0, 0.05) is 18.0 Å². The number of rotatable bonds is 5. The lowest BCUT2D eigenvalue weighted by Crippen LogP contribution is -2.44. The molecule has 2 heteroatoms. The van der Waals surface area contributed by atoms with E-state index in [0.29, 0.717) is 6.04 Å². The minimum absolute atomic E-state index is 0.693. The van der Waals surface area contributed by atoms with Crippen molar-refractivity contribution >= 4 is 11.6 Å². The molecule has 0 aromatic rings. The average molecular weight is 190 g/mol. The fourth-order valence-electron chi connectivity index (χ4n) is 1.82. The summed E-state index contributed by atoms with van der Waals surface area (Å²) >= 11 is 5.69. The van der Waals surface area contributed by atoms with Gasteiger partial charge in [0.1, 0.15) is 0 Å². The van der Waals surface area contributed by atoms with Gasteiger partial charge in [-0.3, -0.25) is 4.90 Å². The molecule has 1 saturated carbocycles. The maximum atomic E-state index is 5.69. The second-order valence-corrected chi connectivity index (χ2v) is 4.34. The van der Waals surface area contributed by atoms with Crippen LogP contribution >= 0.6 is 11.6 Å². The quantitative estimate of drug-likeness (QED) is 0.602. The zero-order chi connectivity index (χ0) is 8.97. The van der Waals surface area contributed by atoms with Crippen molar-refractivity contribution in [2.24, 2.45) is 0 Å². The molecule has 12 heavy (non-hydrogen) atoms. The third-order valence-corrected chi connectivity index (χ3v) is 3.02. The third kappa shape index (κ3) is 2.63. The fraction of sp³-hybridized carbons (Fsp3) is 1.00. The fourth-order valence-corrected chi connectivity index (χ4v) is 1.94. The topological polar surface area (TPSA) is 3.24 Å². The van der Waals surface area contributed by atoms with Crippen LogP contribution in [0, 0.1) is 0 Å². The Balaban J connectivity index is 2.27. The van der Waals surface area contributed by atoms with E-state index in [2.05, 4.69) is 18.7 Å². The first-order chi connectivity index (χ1) is 5.75. The first-order valence-electron chi connectivity index (χ1n) is 5.07. The molecule has 0 bridgehead atoms. The Labute approximate surface area is 81.1 Å². The van der Waals surface area contributed by atoms with E-state index in [4.69, 9.17) is 11.6 Å². The lowest BCUT2D eigenvalue weighted by Gasteiger charge is -2.40. The molecule has 0 radical (unpaired) electrons. The van der Waals surface area contributed by atoms with Crippen molar-refractivity contribution in [1.29, 1.82) is 0 Å². The largest absolute Gasteiger partial charge is 0.298 e. The molecule has 0 amide bonds. The summed E-state index contributed by atoms with van der Waals surface area (Å²) in [6, 6.07) is 1.56. The summed E-state index contributed by atoms with van der Waals surface area (Å²) in [5.74, 6) is 0.802. The van der Waals surface area contributed by atoms with Crippen molar-refractivity contribution in [3.05, 3.63) is 0 Å². The van der Waals surface area contributed by atoms with Crippen molar-refractivity contribution in [2.45, 2.75) is 51.6 Å². The molecular weight excluding hydrogens is 170 g/mol. The normalized spacial score (nSPS) is 18.8. The van der Waals surface area contributed by atoms with E-state index < -0.39 is 0 Å². The van der Waals surface area contributed by atoms with Crippen LogP contribution in [0.2, 0.25) is 0 Å². The molecule has 1 rings (SSSR count). The molecule has 0 heterocycles. The van der Waals surface area contributed by atoms with Crippen molar-refractivity contribution in [3.8, 4) is 0 Å². The van der Waals surface area contributed by atoms with Gasteiger partial charge in [0.05, 0.1) is 0 Å². The molecule has 1 aliphatic rings. The molecule has 0 N–H and O–H groups in total. The molecule has 1 fully saturated rings. The number of hydrogen-bond acceptors (Lipinski definition) is 1. The molecule has 0 atom stereocenters. The van der Waals surface area contributed by atoms with Crippen molar-refractivity contribution in [1.82, 2.24) is 4.90 Å². The molecular formula is C10H20ClN. The van der Waals surface area contributed by atoms with E-state index in [9.17, 15) is 0 Å². The van der Waals surface area contributed by atoms with Gasteiger partial charge in [0.25, 0.3) is 0 Å². The molecule has 1 nitrogen and oxygen atoms in total. The smallest absolute Gasteiger partial charge is 0.0235 e. The van der Waals surface area contributed by atoms with E-state index in [1.54, 1.807) is 0 Å². The van der Waals surface area contributed by atoms with Gasteiger partial charge in [0.15, 0.2) is 0 Å². The molecule has 72 valence electrons. The molecule has 0 unspecified atom stereocenters. The summed E-state index contributed by atoms with van der Waals surface area (Å²) in [6.07, 6.45) is 5.37. The Hall–Kier alpha value is 0.250. The summed E-state index contributed by atoms with van der Waals surface area (Å²) in [5, 5.41) is 0. The van der Waals surface area contributed by atoms with E-state index in [0.717, 1.165) is 18.3 Å². The number of alkyl halides is 1. The lowest BCUT2D eigenvalue weighted by molar-refractivity contribution is 0.0949. The van der Waals surface area contributed by atoms with E-state index in [1.165, 1.54) is 25.8 Å². The average Bonchev–Trinajstić information content (AvgIpc) is 1.93. The van der Waals surface area contributed by atoms with Crippen LogP contribution in [0.1, 0.15) is 39.5 Å². The molecule has 0 aliphatic heterocycles. The van der Waals surface area contributed by atoms with Crippen LogP contribution in [0.3, 0.4) is 0 Å². The highest BCUT2D eigenvalue weighted by Crippen LogP contribution is 2.26. The summed E-state index contributed by atoms with van der Waals surface area (Å²) in [5.41, 5.74) is 0. The van der Waals surface area contributed by atoms with Gasteiger partial charge >= 0.3 is 0 Å². The van der Waals surface area contributed by atoms with Gasteiger partial charge in [-0.05, 0) is 39.7 Å². The predicted octanol–water partition coefficient (Wildman–Crippen LogP) is 2.88. The highest BCUT2D eigenvalue weighted by atomic mass is 35.5. The first kappa shape index (κ1) is 10.3. The minimum Gasteiger partial charge on any atom is -0.298 e. The monoisotopic (exact) mass is 189 g/mol. The number of nitrogens with zero attached hydrogens (tertiary/aromatic N) is 1. The molecule has 0 aromatic heterocycles. The van der Waals surface area contributed by atoms with Crippen LogP contribution in [0.4, 0.5) is 0 Å². The summed E-state index contributed by atoms with van der Waals surface area (Å²) in [4.78, 5) is 2.60. The third-order valence-electron chi connectivity index (χ3n) is 2.76. The highest BCUT2D eigenvalue weighted by molar-refractivity contribution is 6.17. The van der Waals surface area contributed by atoms with E-state index >= 15 is 0 Å². The van der Waals surface area contributed by atoms with Gasteiger partial charge in [-0.25, -0.2) is 0 Å². The Kier molecular flexibility index (Phi) is 4.38. The van der Waals surface area contributed by atoms with E-state index in [-0.39, 0.29) is 0 Å². The Morgan fingerprint density at radius 3 is 2.42 bits per heavy atom. The SMILES string of the molecule is CC(C)N(CCCCl)C1CCC1. The van der Waals surface area contributed by atoms with Gasteiger partial charge in [-0.15, -0.1) is 11.6 Å². The van der Waals surface area contributed by atoms with Crippen LogP contribution in [0.15, 0.2) is 0 Å². The molecule has 0 aromatic carbocycles. The van der Waals surface area contributed by atoms with Gasteiger partial charge < -0.3 is 0 Å². The highest BCUT2D eigenvalue weighted by Gasteiger charge is 2.25. The van der Waals surface area contributed by atoms with Crippen LogP contribution in [-0.2, 0) is 0 Å². The number of halogens is 1. The van der Waals surface area contributed by atoms with Gasteiger partial charge in [-0.1, -0.05) is 6.42 Å². The van der Waals surface area contributed by atoms with Gasteiger partial charge in [-0.2, -0.15) is 0 Å². The lowest BCUT2D eigenvalue weighted by atomic mass is 9.90. The van der Waals surface area contributed by atoms with Gasteiger partial charge in [0.2, 0.25) is 0 Å². The zero-order valence-electron chi connectivity index (χ0n) is 8.22. The van der Waals surface area contributed by atoms with Crippen molar-refractivity contribution < 1.29 is 0 Å². The molecule has 1 aliphatic carbocycles.